The predicted molar refractivity (Wildman–Crippen MR) is 83.0 cm³/mol. The quantitative estimate of drug-likeness (QED) is 0.916. The molecular formula is C15H21BrN2O2. The van der Waals surface area contributed by atoms with Crippen LogP contribution in [0.5, 0.6) is 5.75 Å². The van der Waals surface area contributed by atoms with E-state index < -0.39 is 0 Å². The molecule has 1 heterocycles. The number of halogens is 1. The molecule has 1 aliphatic heterocycles. The Morgan fingerprint density at radius 1 is 1.55 bits per heavy atom. The van der Waals surface area contributed by atoms with E-state index in [1.165, 1.54) is 6.42 Å². The van der Waals surface area contributed by atoms with E-state index in [1.54, 1.807) is 13.2 Å². The second kappa shape index (κ2) is 7.09. The van der Waals surface area contributed by atoms with Crippen LogP contribution in [0, 0.1) is 5.92 Å². The molecule has 1 aromatic rings. The molecule has 0 saturated carbocycles. The number of methoxy groups -OCH3 is 1. The van der Waals surface area contributed by atoms with Gasteiger partial charge in [-0.1, -0.05) is 0 Å². The van der Waals surface area contributed by atoms with Gasteiger partial charge in [0.05, 0.1) is 12.7 Å². The molecule has 20 heavy (non-hydrogen) atoms. The predicted octanol–water partition coefficient (Wildman–Crippen LogP) is 2.66. The Kier molecular flexibility index (Phi) is 5.43. The number of rotatable bonds is 4. The third-order valence-corrected chi connectivity index (χ3v) is 4.48. The summed E-state index contributed by atoms with van der Waals surface area (Å²) in [6.07, 6.45) is 3.21. The van der Waals surface area contributed by atoms with Crippen LogP contribution < -0.4 is 10.5 Å². The van der Waals surface area contributed by atoms with Crippen molar-refractivity contribution in [1.82, 2.24) is 4.90 Å². The zero-order valence-corrected chi connectivity index (χ0v) is 13.4. The Balaban J connectivity index is 2.14. The third kappa shape index (κ3) is 3.52. The molecule has 5 heteroatoms. The number of ether oxygens (including phenoxy) is 1. The molecule has 1 aromatic carbocycles. The van der Waals surface area contributed by atoms with E-state index in [1.807, 2.05) is 17.0 Å². The second-order valence-electron chi connectivity index (χ2n) is 5.18. The van der Waals surface area contributed by atoms with Crippen molar-refractivity contribution < 1.29 is 9.53 Å². The molecule has 1 aliphatic rings. The van der Waals surface area contributed by atoms with E-state index in [2.05, 4.69) is 15.9 Å². The topological polar surface area (TPSA) is 55.6 Å². The number of nitrogens with zero attached hydrogens (tertiary/aromatic N) is 1. The molecule has 2 rings (SSSR count). The van der Waals surface area contributed by atoms with Gasteiger partial charge in [0.25, 0.3) is 5.91 Å². The third-order valence-electron chi connectivity index (χ3n) is 3.79. The molecule has 0 bridgehead atoms. The number of likely N-dealkylation sites (tertiary alicyclic amines) is 1. The smallest absolute Gasteiger partial charge is 0.255 e. The first-order chi connectivity index (χ1) is 9.65. The van der Waals surface area contributed by atoms with Crippen LogP contribution in [0.15, 0.2) is 22.7 Å². The van der Waals surface area contributed by atoms with Crippen molar-refractivity contribution in [3.05, 3.63) is 28.2 Å². The maximum absolute atomic E-state index is 12.6. The highest BCUT2D eigenvalue weighted by atomic mass is 79.9. The van der Waals surface area contributed by atoms with Gasteiger partial charge in [0.15, 0.2) is 0 Å². The summed E-state index contributed by atoms with van der Waals surface area (Å²) in [5.74, 6) is 1.30. The van der Waals surface area contributed by atoms with Crippen molar-refractivity contribution in [2.24, 2.45) is 11.7 Å². The number of hydrogen-bond donors (Lipinski definition) is 1. The second-order valence-corrected chi connectivity index (χ2v) is 6.04. The molecule has 1 fully saturated rings. The van der Waals surface area contributed by atoms with E-state index in [4.69, 9.17) is 10.5 Å². The van der Waals surface area contributed by atoms with Gasteiger partial charge < -0.3 is 15.4 Å². The van der Waals surface area contributed by atoms with Crippen molar-refractivity contribution in [2.75, 3.05) is 26.7 Å². The fraction of sp³-hybridized carbons (Fsp3) is 0.533. The number of nitrogens with two attached hydrogens (primary N) is 1. The van der Waals surface area contributed by atoms with Crippen molar-refractivity contribution in [3.63, 3.8) is 0 Å². The first-order valence-corrected chi connectivity index (χ1v) is 7.78. The monoisotopic (exact) mass is 340 g/mol. The van der Waals surface area contributed by atoms with Crippen LogP contribution in [0.4, 0.5) is 0 Å². The molecule has 0 aromatic heterocycles. The zero-order chi connectivity index (χ0) is 14.5. The molecule has 1 atom stereocenters. The molecule has 0 radical (unpaired) electrons. The molecule has 2 N–H and O–H groups in total. The first-order valence-electron chi connectivity index (χ1n) is 6.98. The number of piperidine rings is 1. The first kappa shape index (κ1) is 15.3. The summed E-state index contributed by atoms with van der Waals surface area (Å²) >= 11 is 3.45. The zero-order valence-electron chi connectivity index (χ0n) is 11.8. The fourth-order valence-electron chi connectivity index (χ4n) is 2.69. The maximum Gasteiger partial charge on any atom is 0.255 e. The summed E-state index contributed by atoms with van der Waals surface area (Å²) in [6, 6.07) is 5.49. The minimum absolute atomic E-state index is 0.0671. The Labute approximate surface area is 128 Å². The molecule has 1 amide bonds. The van der Waals surface area contributed by atoms with Gasteiger partial charge in [-0.2, -0.15) is 0 Å². The van der Waals surface area contributed by atoms with Gasteiger partial charge >= 0.3 is 0 Å². The summed E-state index contributed by atoms with van der Waals surface area (Å²) < 4.78 is 6.01. The average Bonchev–Trinajstić information content (AvgIpc) is 2.48. The Bertz CT molecular complexity index is 477. The lowest BCUT2D eigenvalue weighted by Crippen LogP contribution is -2.40. The summed E-state index contributed by atoms with van der Waals surface area (Å²) in [4.78, 5) is 14.6. The van der Waals surface area contributed by atoms with E-state index in [0.29, 0.717) is 23.8 Å². The summed E-state index contributed by atoms with van der Waals surface area (Å²) in [5.41, 5.74) is 6.29. The van der Waals surface area contributed by atoms with E-state index >= 15 is 0 Å². The van der Waals surface area contributed by atoms with E-state index in [-0.39, 0.29) is 5.91 Å². The van der Waals surface area contributed by atoms with Gasteiger partial charge in [-0.15, -0.1) is 0 Å². The fourth-order valence-corrected chi connectivity index (χ4v) is 3.10. The van der Waals surface area contributed by atoms with E-state index in [0.717, 1.165) is 30.4 Å². The standard InChI is InChI=1S/C15H21BrN2O2/c1-20-12-4-5-14(16)13(9-12)15(19)18-8-2-3-11(10-18)6-7-17/h4-5,9,11H,2-3,6-8,10,17H2,1H3. The van der Waals surface area contributed by atoms with Crippen molar-refractivity contribution in [3.8, 4) is 5.75 Å². The molecule has 110 valence electrons. The van der Waals surface area contributed by atoms with Gasteiger partial charge in [-0.25, -0.2) is 0 Å². The van der Waals surface area contributed by atoms with Crippen LogP contribution in [0.2, 0.25) is 0 Å². The van der Waals surface area contributed by atoms with Crippen LogP contribution in [0.3, 0.4) is 0 Å². The van der Waals surface area contributed by atoms with Crippen LogP contribution in [0.1, 0.15) is 29.6 Å². The van der Waals surface area contributed by atoms with Crippen molar-refractivity contribution in [1.29, 1.82) is 0 Å². The maximum atomic E-state index is 12.6. The molecule has 1 saturated heterocycles. The van der Waals surface area contributed by atoms with Gasteiger partial charge in [-0.05, 0) is 65.9 Å². The number of carbonyl (C=O) groups excluding carboxylic acids is 1. The molecule has 0 spiro atoms. The summed E-state index contributed by atoms with van der Waals surface area (Å²) in [7, 11) is 1.61. The molecule has 4 nitrogen and oxygen atoms in total. The largest absolute Gasteiger partial charge is 0.497 e. The van der Waals surface area contributed by atoms with Crippen LogP contribution in [0.25, 0.3) is 0 Å². The Morgan fingerprint density at radius 2 is 2.35 bits per heavy atom. The summed E-state index contributed by atoms with van der Waals surface area (Å²) in [6.45, 7) is 2.32. The number of carbonyl (C=O) groups is 1. The molecular weight excluding hydrogens is 320 g/mol. The van der Waals surface area contributed by atoms with Gasteiger partial charge in [-0.3, -0.25) is 4.79 Å². The number of amides is 1. The Morgan fingerprint density at radius 3 is 3.05 bits per heavy atom. The minimum Gasteiger partial charge on any atom is -0.497 e. The van der Waals surface area contributed by atoms with Crippen molar-refractivity contribution >= 4 is 21.8 Å². The highest BCUT2D eigenvalue weighted by molar-refractivity contribution is 9.10. The highest BCUT2D eigenvalue weighted by Gasteiger charge is 2.25. The van der Waals surface area contributed by atoms with Gasteiger partial charge in [0.1, 0.15) is 5.75 Å². The average molecular weight is 341 g/mol. The number of benzene rings is 1. The van der Waals surface area contributed by atoms with Crippen molar-refractivity contribution in [2.45, 2.75) is 19.3 Å². The normalized spacial score (nSPS) is 18.9. The van der Waals surface area contributed by atoms with Gasteiger partial charge in [0.2, 0.25) is 0 Å². The van der Waals surface area contributed by atoms with Gasteiger partial charge in [0, 0.05) is 17.6 Å². The lowest BCUT2D eigenvalue weighted by molar-refractivity contribution is 0.0668. The number of hydrogen-bond acceptors (Lipinski definition) is 3. The SMILES string of the molecule is COc1ccc(Br)c(C(=O)N2CCCC(CCN)C2)c1. The van der Waals surface area contributed by atoms with Crippen LogP contribution >= 0.6 is 15.9 Å². The molecule has 1 unspecified atom stereocenters. The molecule has 0 aliphatic carbocycles. The lowest BCUT2D eigenvalue weighted by Gasteiger charge is -2.33. The van der Waals surface area contributed by atoms with E-state index in [9.17, 15) is 4.79 Å². The minimum atomic E-state index is 0.0671. The lowest BCUT2D eigenvalue weighted by atomic mass is 9.94. The Hall–Kier alpha value is -1.07. The van der Waals surface area contributed by atoms with Crippen LogP contribution in [-0.4, -0.2) is 37.6 Å². The van der Waals surface area contributed by atoms with Crippen LogP contribution in [-0.2, 0) is 0 Å². The highest BCUT2D eigenvalue weighted by Crippen LogP contribution is 2.26. The summed E-state index contributed by atoms with van der Waals surface area (Å²) in [5, 5.41) is 0.